The van der Waals surface area contributed by atoms with E-state index in [0.717, 1.165) is 45.5 Å². The number of amides is 1. The molecule has 4 heterocycles. The Bertz CT molecular complexity index is 767. The average Bonchev–Trinajstić information content (AvgIpc) is 2.85. The number of carbonyl (C=O) groups is 1. The van der Waals surface area contributed by atoms with Crippen molar-refractivity contribution in [1.82, 2.24) is 19.8 Å². The second kappa shape index (κ2) is 6.60. The fraction of sp³-hybridized carbons (Fsp3) is 0.611. The van der Waals surface area contributed by atoms with Crippen molar-refractivity contribution >= 4 is 15.9 Å². The van der Waals surface area contributed by atoms with Crippen LogP contribution in [-0.4, -0.2) is 82.2 Å². The van der Waals surface area contributed by atoms with Crippen LogP contribution in [0.2, 0.25) is 0 Å². The van der Waals surface area contributed by atoms with Gasteiger partial charge in [-0.05, 0) is 5.56 Å². The van der Waals surface area contributed by atoms with Crippen LogP contribution in [0.1, 0.15) is 5.56 Å². The summed E-state index contributed by atoms with van der Waals surface area (Å²) in [4.78, 5) is 17.5. The summed E-state index contributed by atoms with van der Waals surface area (Å²) in [5.74, 6) is 0.0919. The van der Waals surface area contributed by atoms with E-state index in [1.807, 2.05) is 6.07 Å². The molecule has 3 unspecified atom stereocenters. The third kappa shape index (κ3) is 3.38. The van der Waals surface area contributed by atoms with Gasteiger partial charge in [-0.25, -0.2) is 13.1 Å². The monoisotopic (exact) mass is 378 g/mol. The molecule has 4 bridgehead atoms. The molecule has 0 aliphatic carbocycles. The lowest BCUT2D eigenvalue weighted by Gasteiger charge is -2.55. The Balaban J connectivity index is 1.63. The van der Waals surface area contributed by atoms with Gasteiger partial charge in [0.05, 0.1) is 12.8 Å². The topological polar surface area (TPSA) is 81.7 Å². The van der Waals surface area contributed by atoms with Gasteiger partial charge in [-0.15, -0.1) is 0 Å². The number of sulfonamides is 1. The van der Waals surface area contributed by atoms with Crippen LogP contribution >= 0.6 is 0 Å². The smallest absolute Gasteiger partial charge is 0.235 e. The third-order valence-electron chi connectivity index (χ3n) is 5.96. The first-order chi connectivity index (χ1) is 12.4. The van der Waals surface area contributed by atoms with E-state index in [1.165, 1.54) is 5.56 Å². The largest absolute Gasteiger partial charge is 0.351 e. The number of fused-ring (bicyclic) bond motifs is 1. The van der Waals surface area contributed by atoms with Gasteiger partial charge in [0.2, 0.25) is 15.9 Å². The van der Waals surface area contributed by atoms with Gasteiger partial charge in [-0.2, -0.15) is 0 Å². The van der Waals surface area contributed by atoms with Gasteiger partial charge in [0.1, 0.15) is 0 Å². The normalized spacial score (nSPS) is 35.9. The molecule has 4 saturated heterocycles. The van der Waals surface area contributed by atoms with Crippen LogP contribution in [0.3, 0.4) is 0 Å². The molecule has 7 nitrogen and oxygen atoms in total. The van der Waals surface area contributed by atoms with Crippen molar-refractivity contribution in [3.05, 3.63) is 35.9 Å². The molecule has 5 rings (SSSR count). The van der Waals surface area contributed by atoms with Gasteiger partial charge in [0, 0.05) is 56.6 Å². The van der Waals surface area contributed by atoms with Crippen molar-refractivity contribution in [2.45, 2.75) is 11.5 Å². The summed E-state index contributed by atoms with van der Waals surface area (Å²) in [6, 6.07) is 10.5. The van der Waals surface area contributed by atoms with E-state index < -0.39 is 10.0 Å². The Morgan fingerprint density at radius 3 is 2.35 bits per heavy atom. The van der Waals surface area contributed by atoms with Crippen LogP contribution in [-0.2, 0) is 20.2 Å². The zero-order chi connectivity index (χ0) is 18.4. The number of rotatable bonds is 5. The van der Waals surface area contributed by atoms with Crippen molar-refractivity contribution in [2.24, 2.45) is 5.92 Å². The lowest BCUT2D eigenvalue weighted by molar-refractivity contribution is -0.123. The summed E-state index contributed by atoms with van der Waals surface area (Å²) in [6.07, 6.45) is 1.07. The van der Waals surface area contributed by atoms with Crippen LogP contribution in [0.15, 0.2) is 30.3 Å². The third-order valence-corrected chi connectivity index (χ3v) is 6.62. The van der Waals surface area contributed by atoms with Crippen LogP contribution < -0.4 is 10.0 Å². The van der Waals surface area contributed by atoms with Crippen LogP contribution in [0.4, 0.5) is 0 Å². The molecule has 26 heavy (non-hydrogen) atoms. The van der Waals surface area contributed by atoms with Gasteiger partial charge < -0.3 is 15.1 Å². The van der Waals surface area contributed by atoms with E-state index in [1.54, 1.807) is 0 Å². The van der Waals surface area contributed by atoms with Gasteiger partial charge in [0.25, 0.3) is 0 Å². The minimum atomic E-state index is -3.38. The molecule has 1 aromatic rings. The predicted octanol–water partition coefficient (Wildman–Crippen LogP) is -0.781. The van der Waals surface area contributed by atoms with Crippen molar-refractivity contribution < 1.29 is 13.2 Å². The van der Waals surface area contributed by atoms with E-state index >= 15 is 0 Å². The Kier molecular flexibility index (Phi) is 4.54. The Morgan fingerprint density at radius 1 is 1.15 bits per heavy atom. The molecule has 0 spiro atoms. The molecule has 4 aliphatic rings. The number of hydrogen-bond donors (Lipinski definition) is 2. The average molecular weight is 378 g/mol. The summed E-state index contributed by atoms with van der Waals surface area (Å²) in [5, 5.41) is 3.18. The van der Waals surface area contributed by atoms with Crippen LogP contribution in [0.5, 0.6) is 0 Å². The number of benzene rings is 1. The summed E-state index contributed by atoms with van der Waals surface area (Å²) >= 11 is 0. The maximum Gasteiger partial charge on any atom is 0.235 e. The predicted molar refractivity (Wildman–Crippen MR) is 99.3 cm³/mol. The minimum Gasteiger partial charge on any atom is -0.351 e. The molecule has 4 aliphatic heterocycles. The molecular weight excluding hydrogens is 352 g/mol. The fourth-order valence-electron chi connectivity index (χ4n) is 4.99. The summed E-state index contributed by atoms with van der Waals surface area (Å²) < 4.78 is 24.9. The van der Waals surface area contributed by atoms with Crippen molar-refractivity contribution in [3.8, 4) is 0 Å². The first-order valence-corrected chi connectivity index (χ1v) is 11.0. The highest BCUT2D eigenvalue weighted by Crippen LogP contribution is 2.43. The van der Waals surface area contributed by atoms with Gasteiger partial charge in [-0.1, -0.05) is 30.3 Å². The molecule has 2 N–H and O–H groups in total. The van der Waals surface area contributed by atoms with E-state index in [9.17, 15) is 13.2 Å². The SMILES string of the molecule is CS(=O)(=O)NCC(=O)NC1C2CN3CCN(C2)CC1(c1ccccc1)C3. The quantitative estimate of drug-likeness (QED) is 0.703. The molecule has 0 aromatic heterocycles. The van der Waals surface area contributed by atoms with E-state index in [2.05, 4.69) is 44.1 Å². The maximum atomic E-state index is 12.5. The van der Waals surface area contributed by atoms with E-state index in [0.29, 0.717) is 5.92 Å². The molecule has 3 atom stereocenters. The molecule has 4 fully saturated rings. The highest BCUT2D eigenvalue weighted by molar-refractivity contribution is 7.88. The second-order valence-electron chi connectivity index (χ2n) is 7.89. The van der Waals surface area contributed by atoms with Crippen LogP contribution in [0.25, 0.3) is 0 Å². The highest BCUT2D eigenvalue weighted by atomic mass is 32.2. The summed E-state index contributed by atoms with van der Waals surface area (Å²) in [5.41, 5.74) is 1.10. The van der Waals surface area contributed by atoms with E-state index in [4.69, 9.17) is 0 Å². The summed E-state index contributed by atoms with van der Waals surface area (Å²) in [7, 11) is -3.38. The fourth-order valence-corrected chi connectivity index (χ4v) is 5.38. The number of hydrogen-bond acceptors (Lipinski definition) is 5. The van der Waals surface area contributed by atoms with Gasteiger partial charge in [-0.3, -0.25) is 4.79 Å². The first kappa shape index (κ1) is 17.9. The lowest BCUT2D eigenvalue weighted by atomic mass is 9.64. The van der Waals surface area contributed by atoms with Crippen molar-refractivity contribution in [1.29, 1.82) is 0 Å². The van der Waals surface area contributed by atoms with Gasteiger partial charge >= 0.3 is 0 Å². The standard InChI is InChI=1S/C18H26N4O3S/c1-26(24,25)19-9-16(23)20-17-14-10-21-7-8-22(11-14)13-18(17,12-21)15-5-3-2-4-6-15/h2-6,14,17,19H,7-13H2,1H3,(H,20,23). The number of carbonyl (C=O) groups excluding carboxylic acids is 1. The summed E-state index contributed by atoms with van der Waals surface area (Å²) in [6.45, 7) is 5.75. The molecule has 1 amide bonds. The van der Waals surface area contributed by atoms with Gasteiger partial charge in [0.15, 0.2) is 0 Å². The Morgan fingerprint density at radius 2 is 1.77 bits per heavy atom. The molecule has 0 saturated carbocycles. The molecule has 0 radical (unpaired) electrons. The number of piperidine rings is 2. The number of nitrogens with one attached hydrogen (secondary N) is 2. The zero-order valence-corrected chi connectivity index (χ0v) is 15.8. The van der Waals surface area contributed by atoms with Crippen molar-refractivity contribution in [2.75, 3.05) is 52.1 Å². The highest BCUT2D eigenvalue weighted by Gasteiger charge is 2.55. The Labute approximate surface area is 154 Å². The van der Waals surface area contributed by atoms with Crippen LogP contribution in [0, 0.1) is 5.92 Å². The number of nitrogens with zero attached hydrogens (tertiary/aromatic N) is 2. The molecular formula is C18H26N4O3S. The second-order valence-corrected chi connectivity index (χ2v) is 9.72. The van der Waals surface area contributed by atoms with Crippen molar-refractivity contribution in [3.63, 3.8) is 0 Å². The molecule has 142 valence electrons. The maximum absolute atomic E-state index is 12.5. The molecule has 1 aromatic carbocycles. The molecule has 8 heteroatoms. The lowest BCUT2D eigenvalue weighted by Crippen LogP contribution is -2.71. The zero-order valence-electron chi connectivity index (χ0n) is 15.0. The van der Waals surface area contributed by atoms with E-state index in [-0.39, 0.29) is 23.9 Å². The Hall–Kier alpha value is -1.48. The first-order valence-electron chi connectivity index (χ1n) is 9.10. The minimum absolute atomic E-state index is 0.0179.